The van der Waals surface area contributed by atoms with Gasteiger partial charge in [-0.2, -0.15) is 8.42 Å². The van der Waals surface area contributed by atoms with Gasteiger partial charge in [-0.3, -0.25) is 4.79 Å². The Morgan fingerprint density at radius 3 is 2.36 bits per heavy atom. The van der Waals surface area contributed by atoms with Gasteiger partial charge in [-0.1, -0.05) is 0 Å². The average Bonchev–Trinajstić information content (AvgIpc) is 2.69. The predicted octanol–water partition coefficient (Wildman–Crippen LogP) is -0.664. The monoisotopic (exact) mass is 175 g/mol. The summed E-state index contributed by atoms with van der Waals surface area (Å²) in [5.74, 6) is -0.471. The van der Waals surface area contributed by atoms with E-state index >= 15 is 0 Å². The summed E-state index contributed by atoms with van der Waals surface area (Å²) in [4.78, 5) is 10.8. The Balaban J connectivity index is 2.60. The van der Waals surface area contributed by atoms with E-state index in [-0.39, 0.29) is 10.9 Å². The van der Waals surface area contributed by atoms with Crippen LogP contribution in [0.15, 0.2) is 0 Å². The molecule has 0 aromatic carbocycles. The zero-order valence-corrected chi connectivity index (χ0v) is 6.94. The van der Waals surface area contributed by atoms with Crippen molar-refractivity contribution in [3.8, 4) is 0 Å². The normalized spacial score (nSPS) is 15.7. The van der Waals surface area contributed by atoms with Crippen LogP contribution in [0.1, 0.15) is 19.8 Å². The van der Waals surface area contributed by atoms with Gasteiger partial charge in [-0.25, -0.2) is 0 Å². The van der Waals surface area contributed by atoms with Gasteiger partial charge >= 0.3 is 0 Å². The standard InChI is InChI=1S/C6H9NO3S/c1-4(11(9)10)6(8)7-5-2-3-5/h5H,2-3H2,1H3,(H,7,8). The van der Waals surface area contributed by atoms with Crippen molar-refractivity contribution in [2.45, 2.75) is 25.8 Å². The summed E-state index contributed by atoms with van der Waals surface area (Å²) in [5.41, 5.74) is 0. The minimum atomic E-state index is -2.37. The van der Waals surface area contributed by atoms with Gasteiger partial charge in [-0.15, -0.1) is 0 Å². The van der Waals surface area contributed by atoms with Crippen molar-refractivity contribution in [2.24, 2.45) is 0 Å². The van der Waals surface area contributed by atoms with E-state index < -0.39 is 16.2 Å². The molecule has 62 valence electrons. The molecule has 0 saturated heterocycles. The second kappa shape index (κ2) is 3.04. The Morgan fingerprint density at radius 1 is 1.45 bits per heavy atom. The smallest absolute Gasteiger partial charge is 0.262 e. The molecular formula is C6H9NO3S. The van der Waals surface area contributed by atoms with Crippen LogP contribution in [-0.4, -0.2) is 25.2 Å². The van der Waals surface area contributed by atoms with Crippen molar-refractivity contribution in [1.29, 1.82) is 0 Å². The molecule has 0 bridgehead atoms. The quantitative estimate of drug-likeness (QED) is 0.566. The van der Waals surface area contributed by atoms with Gasteiger partial charge < -0.3 is 5.32 Å². The highest BCUT2D eigenvalue weighted by Gasteiger charge is 2.24. The molecule has 0 radical (unpaired) electrons. The van der Waals surface area contributed by atoms with Gasteiger partial charge in [0, 0.05) is 6.04 Å². The van der Waals surface area contributed by atoms with Crippen LogP contribution in [0.5, 0.6) is 0 Å². The second-order valence-electron chi connectivity index (χ2n) is 2.54. The van der Waals surface area contributed by atoms with Crippen molar-refractivity contribution in [3.63, 3.8) is 0 Å². The van der Waals surface area contributed by atoms with Crippen molar-refractivity contribution < 1.29 is 13.2 Å². The molecule has 1 saturated carbocycles. The highest BCUT2D eigenvalue weighted by molar-refractivity contribution is 7.74. The van der Waals surface area contributed by atoms with E-state index in [9.17, 15) is 13.2 Å². The van der Waals surface area contributed by atoms with E-state index in [1.165, 1.54) is 6.92 Å². The SMILES string of the molecule is CC(C(=O)NC1CC1)=S(=O)=O. The largest absolute Gasteiger partial charge is 0.349 e. The van der Waals surface area contributed by atoms with Gasteiger partial charge in [-0.05, 0) is 19.8 Å². The number of rotatable bonds is 2. The molecule has 0 aromatic rings. The van der Waals surface area contributed by atoms with Gasteiger partial charge in [0.05, 0.1) is 0 Å². The molecule has 11 heavy (non-hydrogen) atoms. The fourth-order valence-electron chi connectivity index (χ4n) is 0.590. The maximum Gasteiger partial charge on any atom is 0.262 e. The lowest BCUT2D eigenvalue weighted by Crippen LogP contribution is -2.31. The summed E-state index contributed by atoms with van der Waals surface area (Å²) < 4.78 is 20.5. The summed E-state index contributed by atoms with van der Waals surface area (Å²) in [7, 11) is -2.37. The van der Waals surface area contributed by atoms with Crippen molar-refractivity contribution >= 4 is 21.1 Å². The first-order valence-corrected chi connectivity index (χ1v) is 4.42. The van der Waals surface area contributed by atoms with Crippen LogP contribution in [0.4, 0.5) is 0 Å². The number of carbonyl (C=O) groups is 1. The Morgan fingerprint density at radius 2 is 2.00 bits per heavy atom. The molecule has 0 aromatic heterocycles. The Bertz CT molecular complexity index is 292. The second-order valence-corrected chi connectivity index (χ2v) is 3.62. The molecule has 1 N–H and O–H groups in total. The first-order chi connectivity index (χ1) is 5.11. The molecule has 1 aliphatic rings. The summed E-state index contributed by atoms with van der Waals surface area (Å²) in [6.45, 7) is 1.29. The molecule has 1 aliphatic carbocycles. The van der Waals surface area contributed by atoms with Crippen LogP contribution in [0.3, 0.4) is 0 Å². The zero-order valence-electron chi connectivity index (χ0n) is 6.12. The fraction of sp³-hybridized carbons (Fsp3) is 0.667. The maximum atomic E-state index is 10.9. The van der Waals surface area contributed by atoms with Gasteiger partial charge in [0.1, 0.15) is 4.86 Å². The minimum absolute atomic E-state index is 0.142. The third-order valence-corrected chi connectivity index (χ3v) is 2.17. The number of amides is 1. The highest BCUT2D eigenvalue weighted by atomic mass is 32.2. The van der Waals surface area contributed by atoms with Crippen LogP contribution in [0.2, 0.25) is 0 Å². The highest BCUT2D eigenvalue weighted by Crippen LogP contribution is 2.18. The summed E-state index contributed by atoms with van der Waals surface area (Å²) >= 11 is 0. The molecule has 0 unspecified atom stereocenters. The van der Waals surface area contributed by atoms with E-state index in [1.54, 1.807) is 0 Å². The van der Waals surface area contributed by atoms with E-state index in [0.29, 0.717) is 0 Å². The molecule has 1 rings (SSSR count). The Labute approximate surface area is 66.1 Å². The molecule has 1 amide bonds. The number of nitrogens with one attached hydrogen (secondary N) is 1. The molecule has 0 atom stereocenters. The molecule has 4 nitrogen and oxygen atoms in total. The maximum absolute atomic E-state index is 10.9. The number of hydrogen-bond donors (Lipinski definition) is 1. The minimum Gasteiger partial charge on any atom is -0.349 e. The van der Waals surface area contributed by atoms with E-state index in [1.807, 2.05) is 0 Å². The Kier molecular flexibility index (Phi) is 2.28. The van der Waals surface area contributed by atoms with Gasteiger partial charge in [0.25, 0.3) is 5.91 Å². The van der Waals surface area contributed by atoms with Gasteiger partial charge in [0.2, 0.25) is 10.3 Å². The van der Waals surface area contributed by atoms with E-state index in [2.05, 4.69) is 5.32 Å². The number of carbonyl (C=O) groups excluding carboxylic acids is 1. The first-order valence-electron chi connectivity index (χ1n) is 3.35. The Hall–Kier alpha value is -0.840. The van der Waals surface area contributed by atoms with Crippen molar-refractivity contribution in [3.05, 3.63) is 0 Å². The molecule has 5 heteroatoms. The van der Waals surface area contributed by atoms with E-state index in [0.717, 1.165) is 12.8 Å². The lowest BCUT2D eigenvalue weighted by Gasteiger charge is -1.97. The van der Waals surface area contributed by atoms with Crippen LogP contribution < -0.4 is 5.32 Å². The molecule has 0 spiro atoms. The van der Waals surface area contributed by atoms with E-state index in [4.69, 9.17) is 0 Å². The number of hydrogen-bond acceptors (Lipinski definition) is 3. The summed E-state index contributed by atoms with van der Waals surface area (Å²) in [6, 6.07) is 0.209. The van der Waals surface area contributed by atoms with Crippen molar-refractivity contribution in [1.82, 2.24) is 5.32 Å². The average molecular weight is 175 g/mol. The van der Waals surface area contributed by atoms with Crippen molar-refractivity contribution in [2.75, 3.05) is 0 Å². The van der Waals surface area contributed by atoms with Crippen LogP contribution in [0.25, 0.3) is 0 Å². The molecule has 1 fully saturated rings. The predicted molar refractivity (Wildman–Crippen MR) is 40.8 cm³/mol. The molecular weight excluding hydrogens is 166 g/mol. The lowest BCUT2D eigenvalue weighted by molar-refractivity contribution is -0.114. The van der Waals surface area contributed by atoms with Crippen LogP contribution in [0, 0.1) is 0 Å². The van der Waals surface area contributed by atoms with Crippen LogP contribution >= 0.6 is 0 Å². The summed E-state index contributed by atoms with van der Waals surface area (Å²) in [6.07, 6.45) is 1.93. The summed E-state index contributed by atoms with van der Waals surface area (Å²) in [5, 5.41) is 2.57. The molecule has 0 heterocycles. The van der Waals surface area contributed by atoms with Gasteiger partial charge in [0.15, 0.2) is 0 Å². The topological polar surface area (TPSA) is 63.2 Å². The first kappa shape index (κ1) is 8.26. The third-order valence-electron chi connectivity index (χ3n) is 1.48. The lowest BCUT2D eigenvalue weighted by atomic mass is 10.4. The third kappa shape index (κ3) is 2.34. The fourth-order valence-corrected chi connectivity index (χ4v) is 0.801. The zero-order chi connectivity index (χ0) is 8.43. The van der Waals surface area contributed by atoms with Crippen LogP contribution in [-0.2, 0) is 15.1 Å². The molecule has 0 aliphatic heterocycles.